The second kappa shape index (κ2) is 9.72. The number of amides is 1. The lowest BCUT2D eigenvalue weighted by Crippen LogP contribution is -2.43. The molecule has 1 aliphatic heterocycles. The Morgan fingerprint density at radius 3 is 2.69 bits per heavy atom. The third kappa shape index (κ3) is 4.55. The van der Waals surface area contributed by atoms with E-state index in [0.717, 1.165) is 37.4 Å². The molecule has 1 aromatic carbocycles. The first-order chi connectivity index (χ1) is 17.0. The fourth-order valence-corrected chi connectivity index (χ4v) is 4.25. The van der Waals surface area contributed by atoms with Gasteiger partial charge >= 0.3 is 11.6 Å². The number of fused-ring (bicyclic) bond motifs is 1. The van der Waals surface area contributed by atoms with Crippen molar-refractivity contribution in [1.82, 2.24) is 29.3 Å². The first kappa shape index (κ1) is 22.8. The molecule has 35 heavy (non-hydrogen) atoms. The summed E-state index contributed by atoms with van der Waals surface area (Å²) in [6.07, 6.45) is 4.72. The van der Waals surface area contributed by atoms with Gasteiger partial charge in [-0.15, -0.1) is 0 Å². The molecule has 5 rings (SSSR count). The molecule has 11 nitrogen and oxygen atoms in total. The van der Waals surface area contributed by atoms with Crippen LogP contribution in [0.15, 0.2) is 58.1 Å². The molecule has 1 saturated heterocycles. The molecular formula is C24H28N8O3. The Hall–Kier alpha value is -3.96. The van der Waals surface area contributed by atoms with Crippen molar-refractivity contribution in [2.75, 3.05) is 57.0 Å². The van der Waals surface area contributed by atoms with Gasteiger partial charge in [0.1, 0.15) is 0 Å². The Labute approximate surface area is 202 Å². The topological polar surface area (TPSA) is 113 Å². The maximum atomic E-state index is 13.3. The van der Waals surface area contributed by atoms with Crippen LogP contribution in [0, 0.1) is 0 Å². The summed E-state index contributed by atoms with van der Waals surface area (Å²) in [5.41, 5.74) is 2.70. The number of nitrogens with zero attached hydrogens (tertiary/aromatic N) is 6. The number of rotatable bonds is 7. The van der Waals surface area contributed by atoms with E-state index in [1.807, 2.05) is 49.3 Å². The second-order valence-corrected chi connectivity index (χ2v) is 8.65. The lowest BCUT2D eigenvalue weighted by Gasteiger charge is -2.30. The average molecular weight is 477 g/mol. The number of anilines is 2. The van der Waals surface area contributed by atoms with Crippen LogP contribution in [0.5, 0.6) is 0 Å². The normalized spacial score (nSPS) is 14.1. The quantitative estimate of drug-likeness (QED) is 0.412. The van der Waals surface area contributed by atoms with Gasteiger partial charge in [-0.1, -0.05) is 12.1 Å². The van der Waals surface area contributed by atoms with Crippen molar-refractivity contribution >= 4 is 28.3 Å². The van der Waals surface area contributed by atoms with Crippen molar-refractivity contribution in [3.05, 3.63) is 65.3 Å². The van der Waals surface area contributed by atoms with Gasteiger partial charge in [-0.05, 0) is 32.3 Å². The number of piperazine rings is 1. The van der Waals surface area contributed by atoms with Crippen LogP contribution in [0.1, 0.15) is 10.7 Å². The van der Waals surface area contributed by atoms with Gasteiger partial charge < -0.3 is 24.9 Å². The fraction of sp³-hybridized carbons (Fsp3) is 0.333. The Morgan fingerprint density at radius 1 is 1.14 bits per heavy atom. The van der Waals surface area contributed by atoms with Crippen LogP contribution in [0.2, 0.25) is 0 Å². The lowest BCUT2D eigenvalue weighted by atomic mass is 10.2. The number of aromatic nitrogens is 4. The van der Waals surface area contributed by atoms with Gasteiger partial charge in [0.15, 0.2) is 0 Å². The van der Waals surface area contributed by atoms with Crippen molar-refractivity contribution in [2.45, 2.75) is 6.54 Å². The zero-order valence-electron chi connectivity index (χ0n) is 19.8. The van der Waals surface area contributed by atoms with E-state index < -0.39 is 5.91 Å². The van der Waals surface area contributed by atoms with Gasteiger partial charge in [-0.25, -0.2) is 14.3 Å². The zero-order chi connectivity index (χ0) is 24.4. The molecule has 1 aliphatic rings. The summed E-state index contributed by atoms with van der Waals surface area (Å²) >= 11 is 0. The molecule has 0 radical (unpaired) electrons. The van der Waals surface area contributed by atoms with E-state index in [0.29, 0.717) is 24.3 Å². The molecule has 0 unspecified atom stereocenters. The maximum Gasteiger partial charge on any atom is 0.336 e. The Balaban J connectivity index is 1.43. The number of nitrogens with one attached hydrogen (secondary N) is 2. The largest absolute Gasteiger partial charge is 0.415 e. The summed E-state index contributed by atoms with van der Waals surface area (Å²) in [4.78, 5) is 38.8. The monoisotopic (exact) mass is 476 g/mol. The number of oxazole rings is 1. The number of carbonyl (C=O) groups is 1. The van der Waals surface area contributed by atoms with Crippen molar-refractivity contribution in [3.8, 4) is 5.88 Å². The molecule has 182 valence electrons. The highest BCUT2D eigenvalue weighted by atomic mass is 16.4. The average Bonchev–Trinajstić information content (AvgIpc) is 3.46. The molecule has 11 heteroatoms. The minimum Gasteiger partial charge on any atom is -0.415 e. The molecular weight excluding hydrogens is 448 g/mol. The summed E-state index contributed by atoms with van der Waals surface area (Å²) in [7, 11) is 3.92. The second-order valence-electron chi connectivity index (χ2n) is 8.65. The van der Waals surface area contributed by atoms with Crippen molar-refractivity contribution in [3.63, 3.8) is 0 Å². The highest BCUT2D eigenvalue weighted by Crippen LogP contribution is 2.26. The van der Waals surface area contributed by atoms with Gasteiger partial charge in [-0.2, -0.15) is 0 Å². The highest BCUT2D eigenvalue weighted by Gasteiger charge is 2.22. The number of pyridine rings is 1. The number of para-hydroxylation sites is 2. The predicted octanol–water partition coefficient (Wildman–Crippen LogP) is 1.40. The van der Waals surface area contributed by atoms with E-state index in [9.17, 15) is 9.59 Å². The predicted molar refractivity (Wildman–Crippen MR) is 133 cm³/mol. The van der Waals surface area contributed by atoms with Gasteiger partial charge in [-0.3, -0.25) is 14.3 Å². The molecule has 1 fully saturated rings. The summed E-state index contributed by atoms with van der Waals surface area (Å²) in [6.45, 7) is 4.63. The molecule has 0 aliphatic carbocycles. The van der Waals surface area contributed by atoms with Crippen molar-refractivity contribution < 1.29 is 9.21 Å². The first-order valence-corrected chi connectivity index (χ1v) is 11.5. The van der Waals surface area contributed by atoms with Crippen LogP contribution in [-0.4, -0.2) is 76.7 Å². The summed E-state index contributed by atoms with van der Waals surface area (Å²) in [6, 6.07) is 9.37. The summed E-state index contributed by atoms with van der Waals surface area (Å²) in [5, 5.41) is 6.18. The maximum absolute atomic E-state index is 13.3. The summed E-state index contributed by atoms with van der Waals surface area (Å²) in [5.74, 6) is -0.453. The van der Waals surface area contributed by atoms with E-state index in [1.165, 1.54) is 10.8 Å². The van der Waals surface area contributed by atoms with Gasteiger partial charge in [0, 0.05) is 45.5 Å². The van der Waals surface area contributed by atoms with Crippen LogP contribution >= 0.6 is 0 Å². The number of hydrogen-bond donors (Lipinski definition) is 2. The number of imidazole rings is 1. The molecule has 3 aromatic heterocycles. The zero-order valence-corrected chi connectivity index (χ0v) is 19.8. The molecule has 1 amide bonds. The van der Waals surface area contributed by atoms with E-state index >= 15 is 0 Å². The van der Waals surface area contributed by atoms with E-state index in [1.54, 1.807) is 17.0 Å². The Kier molecular flexibility index (Phi) is 6.34. The smallest absolute Gasteiger partial charge is 0.336 e. The minimum atomic E-state index is -0.509. The standard InChI is InChI=1S/C24H28N8O3/c1-29(2)13-14-31-19-5-3-4-6-20(19)32(24(31)34)21-16-27-23(35-21)22(33)28-17-15-26-8-7-18(17)30-11-9-25-10-12-30/h3-8,15-16,25H,9-14H2,1-2H3,(H,28,33). The Bertz CT molecular complexity index is 1400. The molecule has 0 bridgehead atoms. The van der Waals surface area contributed by atoms with Crippen LogP contribution in [-0.2, 0) is 6.54 Å². The van der Waals surface area contributed by atoms with Gasteiger partial charge in [0.25, 0.3) is 5.89 Å². The SMILES string of the molecule is CN(C)CCn1c(=O)n(-c2cnc(C(=O)Nc3cnccc3N3CCNCC3)o2)c2ccccc21. The third-order valence-corrected chi connectivity index (χ3v) is 6.02. The molecule has 0 atom stereocenters. The molecule has 0 spiro atoms. The van der Waals surface area contributed by atoms with Crippen LogP contribution in [0.25, 0.3) is 16.9 Å². The van der Waals surface area contributed by atoms with Crippen LogP contribution < -0.4 is 21.2 Å². The molecule has 4 aromatic rings. The Morgan fingerprint density at radius 2 is 1.91 bits per heavy atom. The van der Waals surface area contributed by atoms with Gasteiger partial charge in [0.2, 0.25) is 5.88 Å². The number of likely N-dealkylation sites (N-methyl/N-ethyl adjacent to an activating group) is 1. The third-order valence-electron chi connectivity index (χ3n) is 6.02. The highest BCUT2D eigenvalue weighted by molar-refractivity contribution is 6.03. The van der Waals surface area contributed by atoms with E-state index in [-0.39, 0.29) is 17.5 Å². The number of benzene rings is 1. The molecule has 4 heterocycles. The molecule has 2 N–H and O–H groups in total. The van der Waals surface area contributed by atoms with Crippen LogP contribution in [0.3, 0.4) is 0 Å². The fourth-order valence-electron chi connectivity index (χ4n) is 4.25. The van der Waals surface area contributed by atoms with E-state index in [2.05, 4.69) is 25.5 Å². The van der Waals surface area contributed by atoms with Crippen molar-refractivity contribution in [1.29, 1.82) is 0 Å². The lowest BCUT2D eigenvalue weighted by molar-refractivity contribution is 0.0990. The minimum absolute atomic E-state index is 0.132. The number of carbonyl (C=O) groups excluding carboxylic acids is 1. The summed E-state index contributed by atoms with van der Waals surface area (Å²) < 4.78 is 8.94. The first-order valence-electron chi connectivity index (χ1n) is 11.5. The molecule has 0 saturated carbocycles. The number of hydrogen-bond acceptors (Lipinski definition) is 8. The van der Waals surface area contributed by atoms with Gasteiger partial charge in [0.05, 0.1) is 34.8 Å². The van der Waals surface area contributed by atoms with Crippen LogP contribution in [0.4, 0.5) is 11.4 Å². The van der Waals surface area contributed by atoms with E-state index in [4.69, 9.17) is 4.42 Å². The van der Waals surface area contributed by atoms with Crippen molar-refractivity contribution in [2.24, 2.45) is 0 Å².